The number of hydrogen-bond donors (Lipinski definition) is 5. The van der Waals surface area contributed by atoms with Crippen LogP contribution in [-0.4, -0.2) is 81.1 Å². The van der Waals surface area contributed by atoms with E-state index in [1.54, 1.807) is 0 Å². The van der Waals surface area contributed by atoms with E-state index in [4.69, 9.17) is 21.5 Å². The highest BCUT2D eigenvalue weighted by molar-refractivity contribution is 5.97. The number of piperidine rings is 1. The number of carbonyl (C=O) groups is 3. The maximum Gasteiger partial charge on any atom is 0.272 e. The van der Waals surface area contributed by atoms with Gasteiger partial charge in [-0.05, 0) is 75.5 Å². The Labute approximate surface area is 321 Å². The van der Waals surface area contributed by atoms with E-state index in [0.29, 0.717) is 29.9 Å². The molecule has 14 heteroatoms. The number of anilines is 2. The fourth-order valence-electron chi connectivity index (χ4n) is 9.03. The van der Waals surface area contributed by atoms with Gasteiger partial charge in [-0.2, -0.15) is 5.10 Å². The summed E-state index contributed by atoms with van der Waals surface area (Å²) in [6.07, 6.45) is 11.4. The number of rotatable bonds is 12. The molecule has 2 bridgehead atoms. The highest BCUT2D eigenvalue weighted by atomic mass is 16.2. The van der Waals surface area contributed by atoms with Gasteiger partial charge < -0.3 is 37.2 Å². The number of nitrogens with zero attached hydrogens (tertiary/aromatic N) is 6. The molecule has 3 atom stereocenters. The molecule has 3 amide bonds. The van der Waals surface area contributed by atoms with E-state index in [0.717, 1.165) is 92.8 Å². The molecule has 288 valence electrons. The third-order valence-electron chi connectivity index (χ3n) is 12.3. The van der Waals surface area contributed by atoms with Gasteiger partial charge in [0.25, 0.3) is 11.8 Å². The fourth-order valence-corrected chi connectivity index (χ4v) is 9.03. The molecule has 3 aliphatic heterocycles. The van der Waals surface area contributed by atoms with Crippen LogP contribution in [0.25, 0.3) is 11.1 Å². The van der Waals surface area contributed by atoms with Crippen molar-refractivity contribution in [3.63, 3.8) is 0 Å². The number of fused-ring (bicyclic) bond motifs is 5. The third kappa shape index (κ3) is 6.81. The number of benzene rings is 1. The second kappa shape index (κ2) is 14.0. The Kier molecular flexibility index (Phi) is 9.02. The summed E-state index contributed by atoms with van der Waals surface area (Å²) >= 11 is 0. The molecule has 7 N–H and O–H groups in total. The zero-order valence-corrected chi connectivity index (χ0v) is 31.6. The molecular weight excluding hydrogens is 695 g/mol. The summed E-state index contributed by atoms with van der Waals surface area (Å²) in [6, 6.07) is 12.6. The average Bonchev–Trinajstić information content (AvgIpc) is 4.06. The Morgan fingerprint density at radius 2 is 1.75 bits per heavy atom. The number of nitrogens with two attached hydrogens (primary N) is 2. The van der Waals surface area contributed by atoms with Crippen LogP contribution in [0.5, 0.6) is 0 Å². The van der Waals surface area contributed by atoms with Crippen LogP contribution in [0.4, 0.5) is 11.4 Å². The summed E-state index contributed by atoms with van der Waals surface area (Å²) in [6.45, 7) is 5.40. The topological polar surface area (TPSA) is 180 Å². The lowest BCUT2D eigenvalue weighted by molar-refractivity contribution is -0.121. The number of aromatic nitrogens is 3. The Morgan fingerprint density at radius 1 is 0.945 bits per heavy atom. The molecule has 3 aromatic rings. The van der Waals surface area contributed by atoms with Gasteiger partial charge in [-0.1, -0.05) is 25.1 Å². The van der Waals surface area contributed by atoms with E-state index in [2.05, 4.69) is 50.5 Å². The minimum Gasteiger partial charge on any atom is -0.393 e. The van der Waals surface area contributed by atoms with Gasteiger partial charge in [0.2, 0.25) is 5.91 Å². The summed E-state index contributed by atoms with van der Waals surface area (Å²) in [5.41, 5.74) is 19.5. The van der Waals surface area contributed by atoms with E-state index in [1.165, 1.54) is 18.2 Å². The van der Waals surface area contributed by atoms with Gasteiger partial charge in [-0.25, -0.2) is 4.98 Å². The molecule has 0 radical (unpaired) electrons. The number of hydrogen-bond acceptors (Lipinski definition) is 10. The van der Waals surface area contributed by atoms with Crippen molar-refractivity contribution in [1.82, 2.24) is 35.2 Å². The second-order valence-corrected chi connectivity index (χ2v) is 16.3. The van der Waals surface area contributed by atoms with Crippen molar-refractivity contribution in [3.05, 3.63) is 83.0 Å². The number of carbonyl (C=O) groups excluding carboxylic acids is 3. The molecular formula is C41H51N11O3. The van der Waals surface area contributed by atoms with Gasteiger partial charge in [0.05, 0.1) is 46.7 Å². The zero-order valence-electron chi connectivity index (χ0n) is 31.6. The van der Waals surface area contributed by atoms with E-state index < -0.39 is 0 Å². The molecule has 6 aliphatic rings. The average molecular weight is 746 g/mol. The van der Waals surface area contributed by atoms with Gasteiger partial charge in [-0.3, -0.25) is 24.0 Å². The normalized spacial score (nSPS) is 23.8. The summed E-state index contributed by atoms with van der Waals surface area (Å²) < 4.78 is 2.20. The summed E-state index contributed by atoms with van der Waals surface area (Å²) in [5.74, 6) is 0.313. The Hall–Kier alpha value is -5.37. The predicted molar refractivity (Wildman–Crippen MR) is 209 cm³/mol. The zero-order chi connectivity index (χ0) is 38.0. The van der Waals surface area contributed by atoms with Crippen LogP contribution >= 0.6 is 0 Å². The first-order valence-corrected chi connectivity index (χ1v) is 19.9. The van der Waals surface area contributed by atoms with Crippen molar-refractivity contribution in [2.24, 2.45) is 23.3 Å². The van der Waals surface area contributed by atoms with E-state index in [9.17, 15) is 14.4 Å². The molecule has 3 aliphatic carbocycles. The standard InChI is InChI=1S/C41H51N11O3/c1-3-34-38-30(18-44-52(38)28-21-50(22-28)20-26-6-4-9-32(45-26)41(55)51-19-23-10-15-27(51)16-23)29-7-5-8-31(37(29)49(34)2)47-33(36(43)40(54)46-25-13-14-25)17-35(42)48-39(53)24-11-12-24/h4-9,17-18,23-25,27-28,34,47H,3,10-16,19-22,42-43H2,1-2H3,(H,46,54)(H,48,53)/b35-17+,36-33+. The lowest BCUT2D eigenvalue weighted by Crippen LogP contribution is -2.48. The number of allylic oxidation sites excluding steroid dienone is 1. The number of nitrogens with one attached hydrogen (secondary N) is 3. The molecule has 55 heavy (non-hydrogen) atoms. The Morgan fingerprint density at radius 3 is 2.45 bits per heavy atom. The Balaban J connectivity index is 0.937. The number of para-hydroxylation sites is 1. The molecule has 0 spiro atoms. The quantitative estimate of drug-likeness (QED) is 0.136. The minimum absolute atomic E-state index is 0.00593. The number of pyridine rings is 1. The van der Waals surface area contributed by atoms with Gasteiger partial charge >= 0.3 is 0 Å². The molecule has 9 rings (SSSR count). The van der Waals surface area contributed by atoms with Gasteiger partial charge in [0, 0.05) is 68.4 Å². The van der Waals surface area contributed by atoms with Crippen molar-refractivity contribution in [2.75, 3.05) is 36.9 Å². The monoisotopic (exact) mass is 745 g/mol. The lowest BCUT2D eigenvalue weighted by atomic mass is 9.91. The maximum absolute atomic E-state index is 13.3. The molecule has 5 fully saturated rings. The SMILES string of the molecule is CCC1c2c(cnn2C2CN(Cc3cccc(C(=O)N4CC5CCC4C5)n3)C2)-c2cccc(NC(/C=C(\N)NC(=O)C3CC3)=C(/N)C(=O)NC3CC3)c2N1C. The second-order valence-electron chi connectivity index (χ2n) is 16.3. The van der Waals surface area contributed by atoms with Gasteiger partial charge in [0.1, 0.15) is 17.2 Å². The van der Waals surface area contributed by atoms with E-state index >= 15 is 0 Å². The third-order valence-corrected chi connectivity index (χ3v) is 12.3. The van der Waals surface area contributed by atoms with E-state index in [1.807, 2.05) is 41.4 Å². The van der Waals surface area contributed by atoms with Crippen LogP contribution in [-0.2, 0) is 16.1 Å². The largest absolute Gasteiger partial charge is 0.393 e. The van der Waals surface area contributed by atoms with Crippen LogP contribution in [0.2, 0.25) is 0 Å². The molecule has 5 heterocycles. The van der Waals surface area contributed by atoms with Crippen LogP contribution in [0.15, 0.2) is 65.9 Å². The van der Waals surface area contributed by atoms with Crippen LogP contribution in [0.1, 0.15) is 92.3 Å². The number of likely N-dealkylation sites (tertiary alicyclic amines) is 2. The summed E-state index contributed by atoms with van der Waals surface area (Å²) in [4.78, 5) is 50.5. The van der Waals surface area contributed by atoms with Crippen molar-refractivity contribution >= 4 is 29.1 Å². The molecule has 3 unspecified atom stereocenters. The molecule has 2 aromatic heterocycles. The van der Waals surface area contributed by atoms with Gasteiger partial charge in [-0.15, -0.1) is 0 Å². The van der Waals surface area contributed by atoms with Crippen molar-refractivity contribution in [2.45, 2.75) is 89.0 Å². The smallest absolute Gasteiger partial charge is 0.272 e. The van der Waals surface area contributed by atoms with Crippen molar-refractivity contribution < 1.29 is 14.4 Å². The molecule has 1 aromatic carbocycles. The maximum atomic E-state index is 13.3. The van der Waals surface area contributed by atoms with Crippen LogP contribution in [0, 0.1) is 11.8 Å². The summed E-state index contributed by atoms with van der Waals surface area (Å²) in [5, 5.41) is 14.1. The van der Waals surface area contributed by atoms with Crippen molar-refractivity contribution in [1.29, 1.82) is 0 Å². The van der Waals surface area contributed by atoms with Gasteiger partial charge in [0.15, 0.2) is 0 Å². The highest BCUT2D eigenvalue weighted by Crippen LogP contribution is 2.49. The molecule has 3 saturated carbocycles. The predicted octanol–water partition coefficient (Wildman–Crippen LogP) is 3.71. The highest BCUT2D eigenvalue weighted by Gasteiger charge is 2.41. The first kappa shape index (κ1) is 35.3. The minimum atomic E-state index is -0.379. The van der Waals surface area contributed by atoms with Crippen LogP contribution < -0.4 is 32.3 Å². The van der Waals surface area contributed by atoms with Crippen molar-refractivity contribution in [3.8, 4) is 11.1 Å². The molecule has 14 nitrogen and oxygen atoms in total. The van der Waals surface area contributed by atoms with Crippen LogP contribution in [0.3, 0.4) is 0 Å². The first-order chi connectivity index (χ1) is 26.6. The summed E-state index contributed by atoms with van der Waals surface area (Å²) in [7, 11) is 2.09. The van der Waals surface area contributed by atoms with E-state index in [-0.39, 0.29) is 53.3 Å². The molecule has 2 saturated heterocycles. The Bertz CT molecular complexity index is 2090. The fraction of sp³-hybridized carbons (Fsp3) is 0.488. The lowest BCUT2D eigenvalue weighted by Gasteiger charge is -2.43. The first-order valence-electron chi connectivity index (χ1n) is 19.9. The number of amides is 3.